The normalized spacial score (nSPS) is 32.3. The highest BCUT2D eigenvalue weighted by Gasteiger charge is 2.34. The standard InChI is InChI=1S/C23H48N4/c1-17(2)25-15-22(8)27(23(9)16-25)20(6)11-10-19(5)24-12-13-26(18(3)4)21(7)14-24/h17-23H,10-16H2,1-9H3. The summed E-state index contributed by atoms with van der Waals surface area (Å²) in [6.07, 6.45) is 2.63. The van der Waals surface area contributed by atoms with Gasteiger partial charge in [-0.1, -0.05) is 0 Å². The van der Waals surface area contributed by atoms with E-state index < -0.39 is 0 Å². The molecule has 0 N–H and O–H groups in total. The fourth-order valence-electron chi connectivity index (χ4n) is 5.65. The van der Waals surface area contributed by atoms with Gasteiger partial charge in [0.1, 0.15) is 0 Å². The SMILES string of the molecule is CC(C)N1CC(C)N(C(C)CCC(C)N2CCN(C(C)C)C(C)C2)C(C)C1. The zero-order valence-corrected chi connectivity index (χ0v) is 19.8. The molecule has 5 atom stereocenters. The van der Waals surface area contributed by atoms with Gasteiger partial charge in [-0.3, -0.25) is 19.6 Å². The summed E-state index contributed by atoms with van der Waals surface area (Å²) < 4.78 is 0. The van der Waals surface area contributed by atoms with E-state index in [2.05, 4.69) is 81.9 Å². The first kappa shape index (κ1) is 23.1. The largest absolute Gasteiger partial charge is 0.298 e. The molecular weight excluding hydrogens is 332 g/mol. The third-order valence-corrected chi connectivity index (χ3v) is 7.25. The minimum atomic E-state index is 0.663. The second kappa shape index (κ2) is 10.0. The maximum absolute atomic E-state index is 2.80. The van der Waals surface area contributed by atoms with E-state index in [1.54, 1.807) is 0 Å². The van der Waals surface area contributed by atoms with Crippen molar-refractivity contribution in [2.75, 3.05) is 32.7 Å². The van der Waals surface area contributed by atoms with Crippen LogP contribution in [0, 0.1) is 0 Å². The van der Waals surface area contributed by atoms with Crippen molar-refractivity contribution in [3.63, 3.8) is 0 Å². The average Bonchev–Trinajstić information content (AvgIpc) is 2.58. The first-order chi connectivity index (χ1) is 12.6. The van der Waals surface area contributed by atoms with Crippen LogP contribution in [0.5, 0.6) is 0 Å². The summed E-state index contributed by atoms with van der Waals surface area (Å²) in [4.78, 5) is 10.8. The lowest BCUT2D eigenvalue weighted by atomic mass is 9.98. The molecule has 2 rings (SSSR count). The van der Waals surface area contributed by atoms with E-state index >= 15 is 0 Å². The fourth-order valence-corrected chi connectivity index (χ4v) is 5.65. The van der Waals surface area contributed by atoms with E-state index in [9.17, 15) is 0 Å². The lowest BCUT2D eigenvalue weighted by molar-refractivity contribution is -0.00727. The molecule has 2 heterocycles. The Morgan fingerprint density at radius 1 is 0.630 bits per heavy atom. The van der Waals surface area contributed by atoms with Crippen molar-refractivity contribution < 1.29 is 0 Å². The number of piperazine rings is 2. The van der Waals surface area contributed by atoms with E-state index in [-0.39, 0.29) is 0 Å². The molecule has 0 aromatic carbocycles. The van der Waals surface area contributed by atoms with Gasteiger partial charge in [-0.05, 0) is 75.2 Å². The van der Waals surface area contributed by atoms with Crippen LogP contribution in [0.1, 0.15) is 75.2 Å². The van der Waals surface area contributed by atoms with Crippen LogP contribution in [0.25, 0.3) is 0 Å². The Hall–Kier alpha value is -0.160. The Morgan fingerprint density at radius 2 is 1.15 bits per heavy atom. The quantitative estimate of drug-likeness (QED) is 0.666. The van der Waals surface area contributed by atoms with E-state index in [4.69, 9.17) is 0 Å². The van der Waals surface area contributed by atoms with Crippen LogP contribution in [0.3, 0.4) is 0 Å². The second-order valence-corrected chi connectivity index (χ2v) is 10.1. The number of hydrogen-bond donors (Lipinski definition) is 0. The van der Waals surface area contributed by atoms with Gasteiger partial charge in [-0.2, -0.15) is 0 Å². The third-order valence-electron chi connectivity index (χ3n) is 7.25. The average molecular weight is 381 g/mol. The summed E-state index contributed by atoms with van der Waals surface area (Å²) in [6, 6.07) is 4.73. The Labute approximate surface area is 170 Å². The van der Waals surface area contributed by atoms with Crippen molar-refractivity contribution in [1.82, 2.24) is 19.6 Å². The molecule has 0 saturated carbocycles. The molecule has 2 fully saturated rings. The van der Waals surface area contributed by atoms with Crippen molar-refractivity contribution in [2.45, 2.75) is 117 Å². The highest BCUT2D eigenvalue weighted by molar-refractivity contribution is 4.90. The molecule has 160 valence electrons. The monoisotopic (exact) mass is 380 g/mol. The summed E-state index contributed by atoms with van der Waals surface area (Å²) in [5, 5.41) is 0. The Kier molecular flexibility index (Phi) is 8.60. The Bertz CT molecular complexity index is 426. The maximum atomic E-state index is 2.80. The summed E-state index contributed by atoms with van der Waals surface area (Å²) in [6.45, 7) is 27.6. The molecule has 2 saturated heterocycles. The topological polar surface area (TPSA) is 13.0 Å². The van der Waals surface area contributed by atoms with Crippen molar-refractivity contribution in [2.24, 2.45) is 0 Å². The van der Waals surface area contributed by atoms with Gasteiger partial charge in [0.2, 0.25) is 0 Å². The molecule has 0 radical (unpaired) electrons. The van der Waals surface area contributed by atoms with Gasteiger partial charge < -0.3 is 0 Å². The van der Waals surface area contributed by atoms with Crippen LogP contribution in [0.2, 0.25) is 0 Å². The smallest absolute Gasteiger partial charge is 0.0201 e. The third kappa shape index (κ3) is 5.91. The number of rotatable bonds is 7. The molecule has 0 spiro atoms. The number of hydrogen-bond acceptors (Lipinski definition) is 4. The van der Waals surface area contributed by atoms with E-state index in [1.165, 1.54) is 45.6 Å². The summed E-state index contributed by atoms with van der Waals surface area (Å²) >= 11 is 0. The minimum Gasteiger partial charge on any atom is -0.298 e. The zero-order chi connectivity index (χ0) is 20.3. The van der Waals surface area contributed by atoms with Crippen LogP contribution in [-0.2, 0) is 0 Å². The van der Waals surface area contributed by atoms with Gasteiger partial charge in [-0.25, -0.2) is 0 Å². The van der Waals surface area contributed by atoms with Gasteiger partial charge in [0.05, 0.1) is 0 Å². The minimum absolute atomic E-state index is 0.663. The molecule has 27 heavy (non-hydrogen) atoms. The van der Waals surface area contributed by atoms with Crippen LogP contribution in [0.4, 0.5) is 0 Å². The predicted octanol–water partition coefficient (Wildman–Crippen LogP) is 3.76. The summed E-state index contributed by atoms with van der Waals surface area (Å²) in [5.41, 5.74) is 0. The number of nitrogens with zero attached hydrogens (tertiary/aromatic N) is 4. The van der Waals surface area contributed by atoms with Gasteiger partial charge >= 0.3 is 0 Å². The van der Waals surface area contributed by atoms with Gasteiger partial charge in [-0.15, -0.1) is 0 Å². The molecule has 2 aliphatic heterocycles. The van der Waals surface area contributed by atoms with Gasteiger partial charge in [0.25, 0.3) is 0 Å². The van der Waals surface area contributed by atoms with Crippen molar-refractivity contribution in [1.29, 1.82) is 0 Å². The molecular formula is C23H48N4. The molecule has 0 amide bonds. The van der Waals surface area contributed by atoms with Gasteiger partial charge in [0.15, 0.2) is 0 Å². The van der Waals surface area contributed by atoms with Crippen LogP contribution < -0.4 is 0 Å². The molecule has 0 bridgehead atoms. The van der Waals surface area contributed by atoms with Gasteiger partial charge in [0, 0.05) is 75.0 Å². The van der Waals surface area contributed by atoms with E-state index in [0.29, 0.717) is 42.3 Å². The maximum Gasteiger partial charge on any atom is 0.0201 e. The molecule has 2 aliphatic rings. The molecule has 4 heteroatoms. The molecule has 5 unspecified atom stereocenters. The lowest BCUT2D eigenvalue weighted by Crippen LogP contribution is -2.60. The molecule has 0 aliphatic carbocycles. The van der Waals surface area contributed by atoms with Crippen molar-refractivity contribution in [3.8, 4) is 0 Å². The van der Waals surface area contributed by atoms with E-state index in [1.807, 2.05) is 0 Å². The fraction of sp³-hybridized carbons (Fsp3) is 1.00. The highest BCUT2D eigenvalue weighted by atomic mass is 15.3. The molecule has 0 aromatic rings. The van der Waals surface area contributed by atoms with Crippen molar-refractivity contribution in [3.05, 3.63) is 0 Å². The lowest BCUT2D eigenvalue weighted by Gasteiger charge is -2.49. The van der Waals surface area contributed by atoms with Crippen LogP contribution >= 0.6 is 0 Å². The first-order valence-corrected chi connectivity index (χ1v) is 11.6. The molecule has 0 aromatic heterocycles. The summed E-state index contributed by atoms with van der Waals surface area (Å²) in [7, 11) is 0. The predicted molar refractivity (Wildman–Crippen MR) is 119 cm³/mol. The second-order valence-electron chi connectivity index (χ2n) is 10.1. The summed E-state index contributed by atoms with van der Waals surface area (Å²) in [5.74, 6) is 0. The molecule has 4 nitrogen and oxygen atoms in total. The van der Waals surface area contributed by atoms with Crippen molar-refractivity contribution >= 4 is 0 Å². The Balaban J connectivity index is 1.82. The van der Waals surface area contributed by atoms with Crippen LogP contribution in [-0.4, -0.2) is 94.6 Å². The highest BCUT2D eigenvalue weighted by Crippen LogP contribution is 2.24. The Morgan fingerprint density at radius 3 is 1.63 bits per heavy atom. The first-order valence-electron chi connectivity index (χ1n) is 11.6. The van der Waals surface area contributed by atoms with Crippen LogP contribution in [0.15, 0.2) is 0 Å². The van der Waals surface area contributed by atoms with E-state index in [0.717, 1.165) is 0 Å². The zero-order valence-electron chi connectivity index (χ0n) is 19.8.